The first-order valence-corrected chi connectivity index (χ1v) is 7.24. The fourth-order valence-corrected chi connectivity index (χ4v) is 2.81. The van der Waals surface area contributed by atoms with E-state index < -0.39 is 18.1 Å². The van der Waals surface area contributed by atoms with Crippen LogP contribution in [0.4, 0.5) is 0 Å². The molecule has 1 saturated heterocycles. The molecule has 1 amide bonds. The van der Waals surface area contributed by atoms with Crippen molar-refractivity contribution in [1.29, 1.82) is 0 Å². The molecule has 1 fully saturated rings. The summed E-state index contributed by atoms with van der Waals surface area (Å²) in [6, 6.07) is 1.85. The van der Waals surface area contributed by atoms with Crippen molar-refractivity contribution in [3.05, 3.63) is 34.2 Å². The van der Waals surface area contributed by atoms with E-state index in [1.807, 2.05) is 6.92 Å². The molecule has 0 radical (unpaired) electrons. The van der Waals surface area contributed by atoms with E-state index in [1.165, 1.54) is 18.2 Å². The fraction of sp³-hybridized carbons (Fsp3) is 0.533. The highest BCUT2D eigenvalue weighted by Gasteiger charge is 2.38. The van der Waals surface area contributed by atoms with E-state index in [4.69, 9.17) is 10.5 Å². The first kappa shape index (κ1) is 16.2. The van der Waals surface area contributed by atoms with E-state index in [2.05, 4.69) is 4.98 Å². The summed E-state index contributed by atoms with van der Waals surface area (Å²) in [6.45, 7) is 2.40. The summed E-state index contributed by atoms with van der Waals surface area (Å²) in [5.41, 5.74) is 6.00. The van der Waals surface area contributed by atoms with Gasteiger partial charge in [-0.25, -0.2) is 4.79 Å². The molecule has 1 aromatic rings. The van der Waals surface area contributed by atoms with E-state index in [0.29, 0.717) is 18.5 Å². The number of aromatic nitrogens is 1. The average molecular weight is 307 g/mol. The second-order valence-corrected chi connectivity index (χ2v) is 5.71. The fourth-order valence-electron chi connectivity index (χ4n) is 2.81. The van der Waals surface area contributed by atoms with Crippen LogP contribution in [0.1, 0.15) is 18.9 Å². The minimum atomic E-state index is -0.838. The number of ether oxygens (including phenoxy) is 1. The van der Waals surface area contributed by atoms with Crippen molar-refractivity contribution in [2.75, 3.05) is 13.7 Å². The normalized spacial score (nSPS) is 23.2. The number of nitrogens with zero attached hydrogens (tertiary/aromatic N) is 1. The SMILES string of the molecule is COC(=O)C(Cc1ccc[nH]c1=O)N1CC(C)C[C@H](N)C1=O. The van der Waals surface area contributed by atoms with Crippen LogP contribution in [0.3, 0.4) is 0 Å². The first-order chi connectivity index (χ1) is 10.4. The Bertz CT molecular complexity index is 613. The molecule has 3 atom stereocenters. The van der Waals surface area contributed by atoms with E-state index in [0.717, 1.165) is 0 Å². The summed E-state index contributed by atoms with van der Waals surface area (Å²) in [5.74, 6) is -0.632. The number of methoxy groups -OCH3 is 1. The zero-order valence-electron chi connectivity index (χ0n) is 12.7. The Hall–Kier alpha value is -2.15. The van der Waals surface area contributed by atoms with Crippen LogP contribution in [0, 0.1) is 5.92 Å². The van der Waals surface area contributed by atoms with Gasteiger partial charge in [-0.2, -0.15) is 0 Å². The van der Waals surface area contributed by atoms with Gasteiger partial charge in [-0.15, -0.1) is 0 Å². The second-order valence-electron chi connectivity index (χ2n) is 5.71. The zero-order valence-corrected chi connectivity index (χ0v) is 12.7. The Morgan fingerprint density at radius 2 is 2.27 bits per heavy atom. The maximum absolute atomic E-state index is 12.3. The Morgan fingerprint density at radius 3 is 2.91 bits per heavy atom. The van der Waals surface area contributed by atoms with Crippen LogP contribution in [0.5, 0.6) is 0 Å². The number of carbonyl (C=O) groups excluding carboxylic acids is 2. The van der Waals surface area contributed by atoms with Gasteiger partial charge in [0.25, 0.3) is 5.56 Å². The molecule has 2 heterocycles. The van der Waals surface area contributed by atoms with Crippen molar-refractivity contribution < 1.29 is 14.3 Å². The molecule has 0 aliphatic carbocycles. The van der Waals surface area contributed by atoms with Gasteiger partial charge >= 0.3 is 5.97 Å². The molecule has 2 rings (SSSR count). The Labute approximate surface area is 128 Å². The van der Waals surface area contributed by atoms with E-state index in [-0.39, 0.29) is 23.8 Å². The number of amides is 1. The van der Waals surface area contributed by atoms with E-state index >= 15 is 0 Å². The van der Waals surface area contributed by atoms with E-state index in [9.17, 15) is 14.4 Å². The van der Waals surface area contributed by atoms with Crippen molar-refractivity contribution in [3.8, 4) is 0 Å². The predicted octanol–water partition coefficient (Wildman–Crippen LogP) is -0.345. The number of hydrogen-bond acceptors (Lipinski definition) is 5. The molecule has 22 heavy (non-hydrogen) atoms. The maximum atomic E-state index is 12.3. The number of pyridine rings is 1. The Morgan fingerprint density at radius 1 is 1.55 bits per heavy atom. The molecule has 1 aliphatic heterocycles. The van der Waals surface area contributed by atoms with Crippen LogP contribution in [0.15, 0.2) is 23.1 Å². The minimum Gasteiger partial charge on any atom is -0.467 e. The molecule has 0 bridgehead atoms. The van der Waals surface area contributed by atoms with Gasteiger partial charge in [0, 0.05) is 24.7 Å². The lowest BCUT2D eigenvalue weighted by Crippen LogP contribution is -2.58. The summed E-state index contributed by atoms with van der Waals surface area (Å²) in [7, 11) is 1.27. The summed E-state index contributed by atoms with van der Waals surface area (Å²) in [4.78, 5) is 40.3. The van der Waals surface area contributed by atoms with Gasteiger partial charge in [-0.1, -0.05) is 13.0 Å². The lowest BCUT2D eigenvalue weighted by Gasteiger charge is -2.38. The predicted molar refractivity (Wildman–Crippen MR) is 80.0 cm³/mol. The van der Waals surface area contributed by atoms with Gasteiger partial charge in [0.2, 0.25) is 5.91 Å². The lowest BCUT2D eigenvalue weighted by atomic mass is 9.93. The second kappa shape index (κ2) is 6.74. The molecule has 0 aromatic carbocycles. The van der Waals surface area contributed by atoms with Gasteiger partial charge in [0.15, 0.2) is 0 Å². The first-order valence-electron chi connectivity index (χ1n) is 7.24. The molecule has 7 nitrogen and oxygen atoms in total. The number of esters is 1. The van der Waals surface area contributed by atoms with Crippen LogP contribution < -0.4 is 11.3 Å². The number of H-pyrrole nitrogens is 1. The average Bonchev–Trinajstić information content (AvgIpc) is 2.49. The van der Waals surface area contributed by atoms with Crippen LogP contribution in [-0.2, 0) is 20.7 Å². The number of aromatic amines is 1. The molecule has 120 valence electrons. The van der Waals surface area contributed by atoms with Crippen LogP contribution >= 0.6 is 0 Å². The topological polar surface area (TPSA) is 105 Å². The Kier molecular flexibility index (Phi) is 4.97. The molecule has 0 spiro atoms. The van der Waals surface area contributed by atoms with Crippen molar-refractivity contribution in [3.63, 3.8) is 0 Å². The van der Waals surface area contributed by atoms with Crippen molar-refractivity contribution >= 4 is 11.9 Å². The monoisotopic (exact) mass is 307 g/mol. The van der Waals surface area contributed by atoms with Crippen LogP contribution in [0.2, 0.25) is 0 Å². The summed E-state index contributed by atoms with van der Waals surface area (Å²) in [6.07, 6.45) is 2.21. The van der Waals surface area contributed by atoms with Crippen molar-refractivity contribution in [2.24, 2.45) is 11.7 Å². The minimum absolute atomic E-state index is 0.105. The number of rotatable bonds is 4. The molecule has 3 N–H and O–H groups in total. The molecule has 1 aromatic heterocycles. The third kappa shape index (κ3) is 3.36. The molecule has 7 heteroatoms. The highest BCUT2D eigenvalue weighted by molar-refractivity contribution is 5.88. The van der Waals surface area contributed by atoms with Crippen molar-refractivity contribution in [1.82, 2.24) is 9.88 Å². The largest absolute Gasteiger partial charge is 0.467 e. The van der Waals surface area contributed by atoms with Gasteiger partial charge in [0.1, 0.15) is 6.04 Å². The summed E-state index contributed by atoms with van der Waals surface area (Å²) >= 11 is 0. The van der Waals surface area contributed by atoms with Gasteiger partial charge in [-0.3, -0.25) is 9.59 Å². The summed E-state index contributed by atoms with van der Waals surface area (Å²) in [5, 5.41) is 0. The number of piperidine rings is 1. The Balaban J connectivity index is 2.30. The number of nitrogens with one attached hydrogen (secondary N) is 1. The zero-order chi connectivity index (χ0) is 16.3. The summed E-state index contributed by atoms with van der Waals surface area (Å²) < 4.78 is 4.81. The molecule has 1 aliphatic rings. The standard InChI is InChI=1S/C15H21N3O4/c1-9-6-11(16)14(20)18(8-9)12(15(21)22-2)7-10-4-3-5-17-13(10)19/h3-5,9,11-12H,6-8,16H2,1-2H3,(H,17,19)/t9?,11-,12?/m0/s1. The third-order valence-electron chi connectivity index (χ3n) is 3.93. The number of likely N-dealkylation sites (tertiary alicyclic amines) is 1. The van der Waals surface area contributed by atoms with Gasteiger partial charge in [0.05, 0.1) is 13.2 Å². The highest BCUT2D eigenvalue weighted by Crippen LogP contribution is 2.20. The van der Waals surface area contributed by atoms with Crippen LogP contribution in [-0.4, -0.2) is 47.5 Å². The number of nitrogens with two attached hydrogens (primary N) is 1. The lowest BCUT2D eigenvalue weighted by molar-refractivity contribution is -0.155. The van der Waals surface area contributed by atoms with Crippen molar-refractivity contribution in [2.45, 2.75) is 31.8 Å². The van der Waals surface area contributed by atoms with E-state index in [1.54, 1.807) is 12.1 Å². The van der Waals surface area contributed by atoms with Gasteiger partial charge in [-0.05, 0) is 18.4 Å². The van der Waals surface area contributed by atoms with Gasteiger partial charge < -0.3 is 20.4 Å². The maximum Gasteiger partial charge on any atom is 0.328 e. The quantitative estimate of drug-likeness (QED) is 0.740. The molecular formula is C15H21N3O4. The number of hydrogen-bond donors (Lipinski definition) is 2. The molecule has 0 saturated carbocycles. The smallest absolute Gasteiger partial charge is 0.328 e. The third-order valence-corrected chi connectivity index (χ3v) is 3.93. The number of carbonyl (C=O) groups is 2. The highest BCUT2D eigenvalue weighted by atomic mass is 16.5. The van der Waals surface area contributed by atoms with Crippen LogP contribution in [0.25, 0.3) is 0 Å². The molecular weight excluding hydrogens is 286 g/mol. The molecule has 2 unspecified atom stereocenters.